The highest BCUT2D eigenvalue weighted by Crippen LogP contribution is 2.26. The molecule has 0 N–H and O–H groups in total. The van der Waals surface area contributed by atoms with Crippen molar-refractivity contribution in [1.29, 1.82) is 0 Å². The number of fused-ring (bicyclic) bond motifs is 1. The lowest BCUT2D eigenvalue weighted by Crippen LogP contribution is -2.15. The molecule has 2 aromatic heterocycles. The van der Waals surface area contributed by atoms with Crippen molar-refractivity contribution in [3.63, 3.8) is 0 Å². The van der Waals surface area contributed by atoms with Crippen LogP contribution in [0.1, 0.15) is 30.7 Å². The van der Waals surface area contributed by atoms with Crippen molar-refractivity contribution in [2.24, 2.45) is 0 Å². The monoisotopic (exact) mass is 318 g/mol. The average Bonchev–Trinajstić information content (AvgIpc) is 2.84. The number of rotatable bonds is 5. The van der Waals surface area contributed by atoms with E-state index in [-0.39, 0.29) is 11.1 Å². The summed E-state index contributed by atoms with van der Waals surface area (Å²) in [5.41, 5.74) is 2.47. The van der Waals surface area contributed by atoms with Crippen LogP contribution in [0.4, 0.5) is 0 Å². The Morgan fingerprint density at radius 3 is 2.55 bits per heavy atom. The van der Waals surface area contributed by atoms with Gasteiger partial charge in [-0.1, -0.05) is 0 Å². The third-order valence-electron chi connectivity index (χ3n) is 3.17. The summed E-state index contributed by atoms with van der Waals surface area (Å²) in [4.78, 5) is 4.53. The van der Waals surface area contributed by atoms with Crippen molar-refractivity contribution in [3.8, 4) is 0 Å². The number of imidazole rings is 1. The van der Waals surface area contributed by atoms with E-state index >= 15 is 0 Å². The molecule has 8 heteroatoms. The van der Waals surface area contributed by atoms with Crippen LogP contribution < -0.4 is 0 Å². The van der Waals surface area contributed by atoms with E-state index in [0.717, 1.165) is 16.9 Å². The first-order valence-electron chi connectivity index (χ1n) is 6.50. The lowest BCUT2D eigenvalue weighted by Gasteiger charge is -2.11. The summed E-state index contributed by atoms with van der Waals surface area (Å²) < 4.78 is 26.5. The fourth-order valence-electron chi connectivity index (χ4n) is 2.24. The van der Waals surface area contributed by atoms with Gasteiger partial charge in [-0.15, -0.1) is 11.6 Å². The van der Waals surface area contributed by atoms with E-state index in [1.165, 1.54) is 6.26 Å². The number of aryl methyl sites for hydroxylation is 3. The summed E-state index contributed by atoms with van der Waals surface area (Å²) in [6.45, 7) is 6.76. The van der Waals surface area contributed by atoms with E-state index in [2.05, 4.69) is 10.1 Å². The largest absolute Gasteiger partial charge is 0.311 e. The number of nitrogens with zero attached hydrogens (tertiary/aromatic N) is 4. The third-order valence-corrected chi connectivity index (χ3v) is 4.29. The molecule has 0 radical (unpaired) electrons. The lowest BCUT2D eigenvalue weighted by molar-refractivity contribution is 0.588. The van der Waals surface area contributed by atoms with E-state index in [1.54, 1.807) is 0 Å². The maximum atomic E-state index is 11.4. The number of sulfone groups is 1. The summed E-state index contributed by atoms with van der Waals surface area (Å²) in [6, 6.07) is 0. The van der Waals surface area contributed by atoms with Crippen molar-refractivity contribution in [3.05, 3.63) is 11.5 Å². The molecule has 6 nitrogen and oxygen atoms in total. The van der Waals surface area contributed by atoms with Crippen LogP contribution in [0.2, 0.25) is 0 Å². The van der Waals surface area contributed by atoms with Crippen LogP contribution in [0.25, 0.3) is 11.2 Å². The fourth-order valence-corrected chi connectivity index (χ4v) is 2.92. The molecule has 20 heavy (non-hydrogen) atoms. The van der Waals surface area contributed by atoms with Crippen molar-refractivity contribution in [2.45, 2.75) is 39.2 Å². The normalized spacial score (nSPS) is 14.1. The Balaban J connectivity index is 2.60. The maximum absolute atomic E-state index is 11.4. The van der Waals surface area contributed by atoms with Crippen LogP contribution in [0.3, 0.4) is 0 Å². The molecule has 0 aliphatic carbocycles. The Labute approximate surface area is 123 Å². The number of hydrogen-bond donors (Lipinski definition) is 0. The minimum absolute atomic E-state index is 0.0585. The van der Waals surface area contributed by atoms with Crippen LogP contribution in [0, 0.1) is 6.92 Å². The zero-order valence-corrected chi connectivity index (χ0v) is 13.7. The molecule has 0 amide bonds. The Morgan fingerprint density at radius 2 is 2.05 bits per heavy atom. The van der Waals surface area contributed by atoms with Gasteiger partial charge in [0, 0.05) is 19.3 Å². The van der Waals surface area contributed by atoms with Gasteiger partial charge in [0.05, 0.1) is 16.8 Å². The van der Waals surface area contributed by atoms with Gasteiger partial charge in [0.2, 0.25) is 0 Å². The zero-order valence-electron chi connectivity index (χ0n) is 12.1. The number of aromatic nitrogens is 4. The minimum Gasteiger partial charge on any atom is -0.311 e. The van der Waals surface area contributed by atoms with Crippen LogP contribution in [-0.4, -0.2) is 39.8 Å². The molecule has 1 atom stereocenters. The van der Waals surface area contributed by atoms with Gasteiger partial charge in [-0.25, -0.2) is 18.1 Å². The summed E-state index contributed by atoms with van der Waals surface area (Å²) in [5, 5.41) is 4.13. The standard InChI is InChI=1S/C12H19ClN4O2S/c1-5-17-12-10(9(3)15-17)14-11(8(2)13)16(12)6-7-20(4,18)19/h8H,5-7H2,1-4H3. The van der Waals surface area contributed by atoms with E-state index in [1.807, 2.05) is 30.0 Å². The number of hydrogen-bond acceptors (Lipinski definition) is 4. The third kappa shape index (κ3) is 2.83. The van der Waals surface area contributed by atoms with Gasteiger partial charge in [0.15, 0.2) is 5.65 Å². The Morgan fingerprint density at radius 1 is 1.40 bits per heavy atom. The predicted molar refractivity (Wildman–Crippen MR) is 79.9 cm³/mol. The highest BCUT2D eigenvalue weighted by molar-refractivity contribution is 7.90. The van der Waals surface area contributed by atoms with Crippen LogP contribution >= 0.6 is 11.6 Å². The predicted octanol–water partition coefficient (Wildman–Crippen LogP) is 1.91. The molecule has 2 aromatic rings. The topological polar surface area (TPSA) is 69.8 Å². The second-order valence-electron chi connectivity index (χ2n) is 4.94. The summed E-state index contributed by atoms with van der Waals surface area (Å²) in [6.07, 6.45) is 1.23. The fraction of sp³-hybridized carbons (Fsp3) is 0.667. The average molecular weight is 319 g/mol. The van der Waals surface area contributed by atoms with Gasteiger partial charge in [-0.05, 0) is 20.8 Å². The van der Waals surface area contributed by atoms with Gasteiger partial charge in [0.1, 0.15) is 21.2 Å². The van der Waals surface area contributed by atoms with E-state index < -0.39 is 9.84 Å². The van der Waals surface area contributed by atoms with Crippen molar-refractivity contribution >= 4 is 32.6 Å². The van der Waals surface area contributed by atoms with Crippen LogP contribution in [0.5, 0.6) is 0 Å². The molecule has 0 fully saturated rings. The smallest absolute Gasteiger partial charge is 0.158 e. The molecule has 2 heterocycles. The number of alkyl halides is 1. The first-order chi connectivity index (χ1) is 9.24. The Kier molecular flexibility index (Phi) is 4.11. The van der Waals surface area contributed by atoms with Crippen LogP contribution in [-0.2, 0) is 22.9 Å². The zero-order chi connectivity index (χ0) is 15.1. The quantitative estimate of drug-likeness (QED) is 0.790. The summed E-state index contributed by atoms with van der Waals surface area (Å²) in [5.74, 6) is 0.747. The number of halogens is 1. The van der Waals surface area contributed by atoms with E-state index in [9.17, 15) is 8.42 Å². The minimum atomic E-state index is -3.05. The summed E-state index contributed by atoms with van der Waals surface area (Å²) in [7, 11) is -3.05. The van der Waals surface area contributed by atoms with E-state index in [4.69, 9.17) is 11.6 Å². The molecule has 0 aromatic carbocycles. The Bertz CT molecular complexity index is 730. The Hall–Kier alpha value is -1.08. The van der Waals surface area contributed by atoms with Crippen molar-refractivity contribution in [2.75, 3.05) is 12.0 Å². The second kappa shape index (κ2) is 5.37. The molecule has 0 saturated heterocycles. The highest BCUT2D eigenvalue weighted by atomic mass is 35.5. The molecule has 0 saturated carbocycles. The first kappa shape index (κ1) is 15.3. The molecule has 0 aliphatic heterocycles. The molecule has 0 spiro atoms. The van der Waals surface area contributed by atoms with Crippen LogP contribution in [0.15, 0.2) is 0 Å². The molecule has 0 aliphatic rings. The van der Waals surface area contributed by atoms with Gasteiger partial charge >= 0.3 is 0 Å². The van der Waals surface area contributed by atoms with E-state index in [0.29, 0.717) is 18.9 Å². The summed E-state index contributed by atoms with van der Waals surface area (Å²) >= 11 is 6.17. The van der Waals surface area contributed by atoms with Crippen molar-refractivity contribution in [1.82, 2.24) is 19.3 Å². The highest BCUT2D eigenvalue weighted by Gasteiger charge is 2.21. The molecular formula is C12H19ClN4O2S. The van der Waals surface area contributed by atoms with Gasteiger partial charge in [-0.2, -0.15) is 5.10 Å². The molecule has 112 valence electrons. The second-order valence-corrected chi connectivity index (χ2v) is 7.86. The molecule has 2 rings (SSSR count). The molecule has 0 bridgehead atoms. The lowest BCUT2D eigenvalue weighted by atomic mass is 10.4. The van der Waals surface area contributed by atoms with Gasteiger partial charge in [-0.3, -0.25) is 0 Å². The maximum Gasteiger partial charge on any atom is 0.158 e. The first-order valence-corrected chi connectivity index (χ1v) is 8.99. The SMILES string of the molecule is CCn1nc(C)c2nc(C(C)Cl)n(CCS(C)(=O)=O)c21. The van der Waals surface area contributed by atoms with Crippen molar-refractivity contribution < 1.29 is 8.42 Å². The van der Waals surface area contributed by atoms with Gasteiger partial charge in [0.25, 0.3) is 0 Å². The molecule has 1 unspecified atom stereocenters. The van der Waals surface area contributed by atoms with Gasteiger partial charge < -0.3 is 4.57 Å². The molecular weight excluding hydrogens is 300 g/mol.